The highest BCUT2D eigenvalue weighted by atomic mass is 35.5. The number of carbonyl (C=O) groups excluding carboxylic acids is 1. The number of likely N-dealkylation sites (N-methyl/N-ethyl adjacent to an activating group) is 1. The highest BCUT2D eigenvalue weighted by Crippen LogP contribution is 2.29. The first kappa shape index (κ1) is 25.7. The van der Waals surface area contributed by atoms with E-state index in [1.54, 1.807) is 41.9 Å². The molecule has 3 rings (SSSR count). The minimum atomic E-state index is -3.80. The van der Waals surface area contributed by atoms with E-state index in [9.17, 15) is 13.2 Å². The summed E-state index contributed by atoms with van der Waals surface area (Å²) in [5, 5.41) is 9.06. The topological polar surface area (TPSA) is 84.3 Å². The Labute approximate surface area is 206 Å². The lowest BCUT2D eigenvalue weighted by atomic mass is 9.92. The van der Waals surface area contributed by atoms with Gasteiger partial charge in [-0.3, -0.25) is 4.79 Å². The van der Waals surface area contributed by atoms with Crippen molar-refractivity contribution in [2.24, 2.45) is 0 Å². The molecule has 1 aromatic heterocycles. The van der Waals surface area contributed by atoms with E-state index in [1.165, 1.54) is 6.08 Å². The Kier molecular flexibility index (Phi) is 7.97. The Morgan fingerprint density at radius 2 is 1.76 bits per heavy atom. The number of rotatable bonds is 8. The minimum absolute atomic E-state index is 0.145. The van der Waals surface area contributed by atoms with Gasteiger partial charge in [0.15, 0.2) is 0 Å². The van der Waals surface area contributed by atoms with Gasteiger partial charge in [-0.25, -0.2) is 13.1 Å². The van der Waals surface area contributed by atoms with Gasteiger partial charge in [0.1, 0.15) is 5.82 Å². The van der Waals surface area contributed by atoms with Crippen LogP contribution in [-0.2, 0) is 20.2 Å². The van der Waals surface area contributed by atoms with Crippen molar-refractivity contribution in [1.29, 1.82) is 0 Å². The van der Waals surface area contributed by atoms with Crippen molar-refractivity contribution in [3.05, 3.63) is 82.4 Å². The zero-order valence-corrected chi connectivity index (χ0v) is 21.3. The van der Waals surface area contributed by atoms with E-state index in [-0.39, 0.29) is 18.5 Å². The van der Waals surface area contributed by atoms with Crippen LogP contribution in [0.15, 0.2) is 66.1 Å². The Balaban J connectivity index is 1.84. The summed E-state index contributed by atoms with van der Waals surface area (Å²) in [5.74, 6) is -0.0662. The second kappa shape index (κ2) is 10.5. The van der Waals surface area contributed by atoms with Crippen LogP contribution in [0.25, 0.3) is 11.8 Å². The molecular formula is C25H29ClN4O3S. The molecule has 0 atom stereocenters. The molecule has 0 spiro atoms. The summed E-state index contributed by atoms with van der Waals surface area (Å²) in [7, 11) is -3.80. The predicted octanol–water partition coefficient (Wildman–Crippen LogP) is 5.08. The third-order valence-electron chi connectivity index (χ3n) is 5.09. The maximum atomic E-state index is 12.9. The standard InChI is InChI=1S/C25H29ClN4O3S/c1-5-29(34(32,33)16-15-19-11-7-6-8-12-19)18-24(31)27-23-17-22(25(2,3)4)28-30(23)21-14-10-9-13-20(21)26/h6-17H,5,18H2,1-4H3,(H,27,31)/b16-15+. The van der Waals surface area contributed by atoms with E-state index >= 15 is 0 Å². The average molecular weight is 501 g/mol. The molecule has 0 unspecified atom stereocenters. The van der Waals surface area contributed by atoms with Crippen LogP contribution in [-0.4, -0.2) is 41.5 Å². The van der Waals surface area contributed by atoms with E-state index < -0.39 is 15.9 Å². The molecule has 0 saturated carbocycles. The molecule has 0 aliphatic carbocycles. The van der Waals surface area contributed by atoms with E-state index in [1.807, 2.05) is 51.1 Å². The Morgan fingerprint density at radius 1 is 1.12 bits per heavy atom. The van der Waals surface area contributed by atoms with Crippen LogP contribution in [0.3, 0.4) is 0 Å². The third-order valence-corrected chi connectivity index (χ3v) is 7.00. The Bertz CT molecular complexity index is 1280. The highest BCUT2D eigenvalue weighted by molar-refractivity contribution is 7.92. The lowest BCUT2D eigenvalue weighted by Gasteiger charge is -2.18. The molecule has 0 saturated heterocycles. The number of carbonyl (C=O) groups is 1. The van der Waals surface area contributed by atoms with E-state index in [4.69, 9.17) is 11.6 Å². The van der Waals surface area contributed by atoms with Crippen molar-refractivity contribution < 1.29 is 13.2 Å². The zero-order valence-electron chi connectivity index (χ0n) is 19.7. The van der Waals surface area contributed by atoms with Crippen molar-refractivity contribution in [1.82, 2.24) is 14.1 Å². The number of aromatic nitrogens is 2. The molecule has 1 N–H and O–H groups in total. The fraction of sp³-hybridized carbons (Fsp3) is 0.280. The van der Waals surface area contributed by atoms with Gasteiger partial charge in [0.05, 0.1) is 22.9 Å². The molecule has 2 aromatic carbocycles. The summed E-state index contributed by atoms with van der Waals surface area (Å²) in [6.07, 6.45) is 1.51. The summed E-state index contributed by atoms with van der Waals surface area (Å²) in [5.41, 5.74) is 1.85. The number of nitrogens with one attached hydrogen (secondary N) is 1. The molecule has 180 valence electrons. The molecule has 0 fully saturated rings. The normalized spacial score (nSPS) is 12.4. The van der Waals surface area contributed by atoms with Crippen molar-refractivity contribution in [3.63, 3.8) is 0 Å². The van der Waals surface area contributed by atoms with E-state index in [0.717, 1.165) is 21.0 Å². The fourth-order valence-electron chi connectivity index (χ4n) is 3.18. The lowest BCUT2D eigenvalue weighted by Crippen LogP contribution is -2.37. The van der Waals surface area contributed by atoms with Crippen molar-refractivity contribution in [3.8, 4) is 5.69 Å². The summed E-state index contributed by atoms with van der Waals surface area (Å²) < 4.78 is 28.3. The van der Waals surface area contributed by atoms with Crippen LogP contribution in [0.1, 0.15) is 39.0 Å². The summed E-state index contributed by atoms with van der Waals surface area (Å²) >= 11 is 6.37. The van der Waals surface area contributed by atoms with Crippen LogP contribution in [0.2, 0.25) is 5.02 Å². The van der Waals surface area contributed by atoms with Crippen molar-refractivity contribution >= 4 is 39.4 Å². The molecule has 0 radical (unpaired) electrons. The number of nitrogens with zero attached hydrogens (tertiary/aromatic N) is 3. The van der Waals surface area contributed by atoms with Gasteiger partial charge >= 0.3 is 0 Å². The first-order chi connectivity index (χ1) is 16.0. The number of benzene rings is 2. The smallest absolute Gasteiger partial charge is 0.240 e. The van der Waals surface area contributed by atoms with Crippen LogP contribution in [0.4, 0.5) is 5.82 Å². The van der Waals surface area contributed by atoms with Crippen molar-refractivity contribution in [2.75, 3.05) is 18.4 Å². The molecule has 9 heteroatoms. The molecule has 0 aliphatic rings. The molecular weight excluding hydrogens is 472 g/mol. The van der Waals surface area contributed by atoms with Crippen LogP contribution in [0, 0.1) is 0 Å². The molecule has 1 heterocycles. The van der Waals surface area contributed by atoms with Gasteiger partial charge in [-0.15, -0.1) is 0 Å². The van der Waals surface area contributed by atoms with E-state index in [2.05, 4.69) is 10.4 Å². The number of sulfonamides is 1. The fourth-order valence-corrected chi connectivity index (χ4v) is 4.56. The number of anilines is 1. The first-order valence-electron chi connectivity index (χ1n) is 10.9. The Hall–Kier alpha value is -2.94. The summed E-state index contributed by atoms with van der Waals surface area (Å²) in [6.45, 7) is 7.54. The summed E-state index contributed by atoms with van der Waals surface area (Å²) in [4.78, 5) is 12.9. The minimum Gasteiger partial charge on any atom is -0.309 e. The monoisotopic (exact) mass is 500 g/mol. The van der Waals surface area contributed by atoms with Gasteiger partial charge in [0, 0.05) is 23.4 Å². The molecule has 0 bridgehead atoms. The lowest BCUT2D eigenvalue weighted by molar-refractivity contribution is -0.116. The van der Waals surface area contributed by atoms with Gasteiger partial charge in [-0.2, -0.15) is 9.40 Å². The number of para-hydroxylation sites is 1. The van der Waals surface area contributed by atoms with Crippen LogP contribution < -0.4 is 5.32 Å². The molecule has 3 aromatic rings. The predicted molar refractivity (Wildman–Crippen MR) is 138 cm³/mol. The van der Waals surface area contributed by atoms with Crippen LogP contribution >= 0.6 is 11.6 Å². The number of hydrogen-bond acceptors (Lipinski definition) is 4. The van der Waals surface area contributed by atoms with Gasteiger partial charge in [-0.1, -0.05) is 81.8 Å². The van der Waals surface area contributed by atoms with Gasteiger partial charge in [0.25, 0.3) is 0 Å². The summed E-state index contributed by atoms with van der Waals surface area (Å²) in [6, 6.07) is 18.1. The maximum absolute atomic E-state index is 12.9. The zero-order chi connectivity index (χ0) is 24.9. The van der Waals surface area contributed by atoms with Gasteiger partial charge in [-0.05, 0) is 23.8 Å². The quantitative estimate of drug-likeness (QED) is 0.467. The van der Waals surface area contributed by atoms with Crippen LogP contribution in [0.5, 0.6) is 0 Å². The first-order valence-corrected chi connectivity index (χ1v) is 12.8. The second-order valence-corrected chi connectivity index (χ2v) is 11.0. The van der Waals surface area contributed by atoms with Crippen molar-refractivity contribution in [2.45, 2.75) is 33.1 Å². The SMILES string of the molecule is CCN(CC(=O)Nc1cc(C(C)(C)C)nn1-c1ccccc1Cl)S(=O)(=O)/C=C/c1ccccc1. The largest absolute Gasteiger partial charge is 0.309 e. The van der Waals surface area contributed by atoms with Gasteiger partial charge < -0.3 is 5.32 Å². The highest BCUT2D eigenvalue weighted by Gasteiger charge is 2.24. The molecule has 34 heavy (non-hydrogen) atoms. The maximum Gasteiger partial charge on any atom is 0.240 e. The number of hydrogen-bond donors (Lipinski definition) is 1. The Morgan fingerprint density at radius 3 is 2.38 bits per heavy atom. The molecule has 1 amide bonds. The number of halogens is 1. The average Bonchev–Trinajstić information content (AvgIpc) is 3.21. The van der Waals surface area contributed by atoms with Gasteiger partial charge in [0.2, 0.25) is 15.9 Å². The number of amides is 1. The second-order valence-electron chi connectivity index (χ2n) is 8.76. The van der Waals surface area contributed by atoms with E-state index in [0.29, 0.717) is 16.5 Å². The molecule has 0 aliphatic heterocycles. The third kappa shape index (κ3) is 6.34. The molecule has 7 nitrogen and oxygen atoms in total.